The van der Waals surface area contributed by atoms with Crippen molar-refractivity contribution in [3.8, 4) is 17.3 Å². The van der Waals surface area contributed by atoms with Crippen LogP contribution in [0.25, 0.3) is 17.3 Å². The van der Waals surface area contributed by atoms with Gasteiger partial charge in [0.2, 0.25) is 11.9 Å². The van der Waals surface area contributed by atoms with E-state index < -0.39 is 0 Å². The van der Waals surface area contributed by atoms with Gasteiger partial charge < -0.3 is 5.32 Å². The van der Waals surface area contributed by atoms with Crippen LogP contribution in [0, 0.1) is 0 Å². The number of thiophene rings is 1. The van der Waals surface area contributed by atoms with Crippen LogP contribution in [0.5, 0.6) is 0 Å². The molecule has 3 heterocycles. The maximum Gasteiger partial charge on any atom is 0.240 e. The van der Waals surface area contributed by atoms with Crippen LogP contribution in [0.2, 0.25) is 0 Å². The second-order valence-corrected chi connectivity index (χ2v) is 5.23. The molecule has 0 fully saturated rings. The molecule has 19 heavy (non-hydrogen) atoms. The predicted octanol–water partition coefficient (Wildman–Crippen LogP) is 2.59. The first-order chi connectivity index (χ1) is 9.28. The number of halogens is 1. The summed E-state index contributed by atoms with van der Waals surface area (Å²) < 4.78 is 2.72. The van der Waals surface area contributed by atoms with Gasteiger partial charge in [0.1, 0.15) is 6.33 Å². The first-order valence-electron chi connectivity index (χ1n) is 5.42. The highest BCUT2D eigenvalue weighted by molar-refractivity contribution is 9.10. The Morgan fingerprint density at radius 3 is 2.79 bits per heavy atom. The molecule has 0 aromatic carbocycles. The molecule has 0 saturated heterocycles. The SMILES string of the molecule is CNc1nc(-c2cscc2Br)nc(-n2ccnc2)n1. The van der Waals surface area contributed by atoms with Gasteiger partial charge in [-0.2, -0.15) is 26.3 Å². The summed E-state index contributed by atoms with van der Waals surface area (Å²) in [4.78, 5) is 17.1. The molecule has 0 radical (unpaired) electrons. The molecule has 96 valence electrons. The highest BCUT2D eigenvalue weighted by atomic mass is 79.9. The van der Waals surface area contributed by atoms with Gasteiger partial charge in [-0.15, -0.1) is 0 Å². The Morgan fingerprint density at radius 2 is 2.16 bits per heavy atom. The lowest BCUT2D eigenvalue weighted by Crippen LogP contribution is -2.06. The molecule has 3 aromatic rings. The average Bonchev–Trinajstić information content (AvgIpc) is 3.09. The molecule has 0 aliphatic heterocycles. The first kappa shape index (κ1) is 12.2. The topological polar surface area (TPSA) is 68.5 Å². The fraction of sp³-hybridized carbons (Fsp3) is 0.0909. The van der Waals surface area contributed by atoms with Crippen molar-refractivity contribution in [2.45, 2.75) is 0 Å². The van der Waals surface area contributed by atoms with Crippen molar-refractivity contribution >= 4 is 33.2 Å². The lowest BCUT2D eigenvalue weighted by atomic mass is 10.3. The fourth-order valence-electron chi connectivity index (χ4n) is 1.53. The van der Waals surface area contributed by atoms with E-state index in [0.29, 0.717) is 17.7 Å². The summed E-state index contributed by atoms with van der Waals surface area (Å²) >= 11 is 5.08. The van der Waals surface area contributed by atoms with E-state index in [-0.39, 0.29) is 0 Å². The molecule has 3 aromatic heterocycles. The van der Waals surface area contributed by atoms with Crippen molar-refractivity contribution in [1.82, 2.24) is 24.5 Å². The molecule has 0 bridgehead atoms. The molecule has 1 N–H and O–H groups in total. The predicted molar refractivity (Wildman–Crippen MR) is 77.5 cm³/mol. The standard InChI is InChI=1S/C11H9BrN6S/c1-13-10-15-9(7-4-19-5-8(7)12)16-11(17-10)18-3-2-14-6-18/h2-6H,1H3,(H,13,15,16,17). The summed E-state index contributed by atoms with van der Waals surface area (Å²) in [6.45, 7) is 0. The van der Waals surface area contributed by atoms with Gasteiger partial charge in [-0.25, -0.2) is 4.98 Å². The molecule has 0 aliphatic carbocycles. The van der Waals surface area contributed by atoms with Gasteiger partial charge in [0.05, 0.1) is 0 Å². The third-order valence-corrected chi connectivity index (χ3v) is 4.14. The number of hydrogen-bond donors (Lipinski definition) is 1. The van der Waals surface area contributed by atoms with E-state index in [2.05, 4.69) is 41.2 Å². The second-order valence-electron chi connectivity index (χ2n) is 3.64. The lowest BCUT2D eigenvalue weighted by Gasteiger charge is -2.06. The van der Waals surface area contributed by atoms with Crippen molar-refractivity contribution in [2.75, 3.05) is 12.4 Å². The summed E-state index contributed by atoms with van der Waals surface area (Å²) in [7, 11) is 1.78. The van der Waals surface area contributed by atoms with Crippen LogP contribution < -0.4 is 5.32 Å². The van der Waals surface area contributed by atoms with Crippen molar-refractivity contribution in [1.29, 1.82) is 0 Å². The van der Waals surface area contributed by atoms with E-state index in [1.807, 2.05) is 10.8 Å². The molecule has 0 aliphatic rings. The smallest absolute Gasteiger partial charge is 0.240 e. The Labute approximate surface area is 121 Å². The van der Waals surface area contributed by atoms with E-state index >= 15 is 0 Å². The van der Waals surface area contributed by atoms with Crippen molar-refractivity contribution in [3.63, 3.8) is 0 Å². The Hall–Kier alpha value is -1.80. The molecule has 0 spiro atoms. The number of rotatable bonds is 3. The number of nitrogens with zero attached hydrogens (tertiary/aromatic N) is 5. The molecule has 0 amide bonds. The van der Waals surface area contributed by atoms with E-state index in [1.54, 1.807) is 41.7 Å². The second kappa shape index (κ2) is 5.06. The number of imidazole rings is 1. The number of anilines is 1. The van der Waals surface area contributed by atoms with E-state index in [9.17, 15) is 0 Å². The molecule has 6 nitrogen and oxygen atoms in total. The molecule has 0 unspecified atom stereocenters. The number of aromatic nitrogens is 5. The Balaban J connectivity index is 2.16. The Bertz CT molecular complexity index is 693. The van der Waals surface area contributed by atoms with Crippen LogP contribution in [0.4, 0.5) is 5.95 Å². The molecule has 8 heteroatoms. The van der Waals surface area contributed by atoms with Crippen LogP contribution in [0.1, 0.15) is 0 Å². The summed E-state index contributed by atoms with van der Waals surface area (Å²) in [5, 5.41) is 6.93. The summed E-state index contributed by atoms with van der Waals surface area (Å²) in [6.07, 6.45) is 5.13. The molecule has 0 atom stereocenters. The average molecular weight is 337 g/mol. The third kappa shape index (κ3) is 2.36. The monoisotopic (exact) mass is 336 g/mol. The maximum atomic E-state index is 4.46. The van der Waals surface area contributed by atoms with E-state index in [4.69, 9.17) is 0 Å². The van der Waals surface area contributed by atoms with Gasteiger partial charge in [0.25, 0.3) is 0 Å². The zero-order valence-electron chi connectivity index (χ0n) is 9.91. The van der Waals surface area contributed by atoms with E-state index in [0.717, 1.165) is 10.0 Å². The molecular formula is C11H9BrN6S. The highest BCUT2D eigenvalue weighted by Gasteiger charge is 2.12. The van der Waals surface area contributed by atoms with Crippen molar-refractivity contribution < 1.29 is 0 Å². The minimum Gasteiger partial charge on any atom is -0.357 e. The van der Waals surface area contributed by atoms with Crippen LogP contribution in [0.15, 0.2) is 34.0 Å². The van der Waals surface area contributed by atoms with Gasteiger partial charge in [0, 0.05) is 40.2 Å². The first-order valence-corrected chi connectivity index (χ1v) is 7.15. The van der Waals surface area contributed by atoms with Gasteiger partial charge in [-0.05, 0) is 15.9 Å². The summed E-state index contributed by atoms with van der Waals surface area (Å²) in [5.74, 6) is 1.67. The quantitative estimate of drug-likeness (QED) is 0.796. The van der Waals surface area contributed by atoms with Gasteiger partial charge >= 0.3 is 0 Å². The zero-order valence-corrected chi connectivity index (χ0v) is 12.3. The van der Waals surface area contributed by atoms with Crippen LogP contribution >= 0.6 is 27.3 Å². The summed E-state index contributed by atoms with van der Waals surface area (Å²) in [6, 6.07) is 0. The van der Waals surface area contributed by atoms with Crippen molar-refractivity contribution in [2.24, 2.45) is 0 Å². The van der Waals surface area contributed by atoms with Crippen LogP contribution in [-0.4, -0.2) is 31.6 Å². The number of hydrogen-bond acceptors (Lipinski definition) is 6. The third-order valence-electron chi connectivity index (χ3n) is 2.44. The Morgan fingerprint density at radius 1 is 1.26 bits per heavy atom. The highest BCUT2D eigenvalue weighted by Crippen LogP contribution is 2.29. The summed E-state index contributed by atoms with van der Waals surface area (Å²) in [5.41, 5.74) is 0.949. The van der Waals surface area contributed by atoms with E-state index in [1.165, 1.54) is 0 Å². The Kier molecular flexibility index (Phi) is 3.26. The molecular weight excluding hydrogens is 328 g/mol. The number of nitrogens with one attached hydrogen (secondary N) is 1. The molecule has 3 rings (SSSR count). The van der Waals surface area contributed by atoms with Crippen molar-refractivity contribution in [3.05, 3.63) is 34.0 Å². The fourth-order valence-corrected chi connectivity index (χ4v) is 2.98. The van der Waals surface area contributed by atoms with Gasteiger partial charge in [0.15, 0.2) is 5.82 Å². The minimum absolute atomic E-state index is 0.520. The minimum atomic E-state index is 0.520. The maximum absolute atomic E-state index is 4.46. The van der Waals surface area contributed by atoms with Crippen LogP contribution in [0.3, 0.4) is 0 Å². The van der Waals surface area contributed by atoms with Gasteiger partial charge in [-0.1, -0.05) is 0 Å². The van der Waals surface area contributed by atoms with Crippen LogP contribution in [-0.2, 0) is 0 Å². The zero-order chi connectivity index (χ0) is 13.2. The lowest BCUT2D eigenvalue weighted by molar-refractivity contribution is 0.902. The largest absolute Gasteiger partial charge is 0.357 e. The normalized spacial score (nSPS) is 10.6. The molecule has 0 saturated carbocycles. The van der Waals surface area contributed by atoms with Gasteiger partial charge in [-0.3, -0.25) is 4.57 Å².